The van der Waals surface area contributed by atoms with E-state index in [1.54, 1.807) is 0 Å². The summed E-state index contributed by atoms with van der Waals surface area (Å²) >= 11 is 0. The molecule has 0 spiro atoms. The number of amides is 1. The van der Waals surface area contributed by atoms with E-state index in [1.165, 1.54) is 19.3 Å². The SMILES string of the molecule is CNC1CCN(CC(=O)NC2CCCCC2C)C1. The van der Waals surface area contributed by atoms with Crippen LogP contribution in [0.1, 0.15) is 39.0 Å². The van der Waals surface area contributed by atoms with E-state index in [1.807, 2.05) is 7.05 Å². The second-order valence-corrected chi connectivity index (χ2v) is 5.95. The van der Waals surface area contributed by atoms with Crippen LogP contribution in [0.4, 0.5) is 0 Å². The highest BCUT2D eigenvalue weighted by Gasteiger charge is 2.26. The molecule has 104 valence electrons. The molecule has 1 amide bonds. The molecule has 1 heterocycles. The molecule has 0 aromatic carbocycles. The Morgan fingerprint density at radius 3 is 2.72 bits per heavy atom. The monoisotopic (exact) mass is 253 g/mol. The summed E-state index contributed by atoms with van der Waals surface area (Å²) in [4.78, 5) is 14.3. The number of hydrogen-bond donors (Lipinski definition) is 2. The fourth-order valence-electron chi connectivity index (χ4n) is 3.20. The number of rotatable bonds is 4. The van der Waals surface area contributed by atoms with Gasteiger partial charge in [0.15, 0.2) is 0 Å². The number of carbonyl (C=O) groups is 1. The summed E-state index contributed by atoms with van der Waals surface area (Å²) in [6.07, 6.45) is 6.16. The molecular formula is C14H27N3O. The number of nitrogens with zero attached hydrogens (tertiary/aromatic N) is 1. The first-order valence-electron chi connectivity index (χ1n) is 7.38. The van der Waals surface area contributed by atoms with Crippen LogP contribution >= 0.6 is 0 Å². The van der Waals surface area contributed by atoms with Crippen LogP contribution in [0.25, 0.3) is 0 Å². The van der Waals surface area contributed by atoms with Gasteiger partial charge in [0.2, 0.25) is 5.91 Å². The lowest BCUT2D eigenvalue weighted by Crippen LogP contribution is -2.45. The predicted molar refractivity (Wildman–Crippen MR) is 73.5 cm³/mol. The Morgan fingerprint density at radius 2 is 2.06 bits per heavy atom. The van der Waals surface area contributed by atoms with Gasteiger partial charge in [0.1, 0.15) is 0 Å². The maximum atomic E-state index is 12.0. The van der Waals surface area contributed by atoms with Crippen LogP contribution in [0.3, 0.4) is 0 Å². The minimum atomic E-state index is 0.213. The van der Waals surface area contributed by atoms with Gasteiger partial charge >= 0.3 is 0 Å². The van der Waals surface area contributed by atoms with Gasteiger partial charge in [-0.05, 0) is 32.2 Å². The molecule has 3 atom stereocenters. The standard InChI is InChI=1S/C14H27N3O/c1-11-5-3-4-6-13(11)16-14(18)10-17-8-7-12(9-17)15-2/h11-13,15H,3-10H2,1-2H3,(H,16,18). The van der Waals surface area contributed by atoms with Crippen LogP contribution in [0, 0.1) is 5.92 Å². The van der Waals surface area contributed by atoms with E-state index < -0.39 is 0 Å². The van der Waals surface area contributed by atoms with Crippen molar-refractivity contribution in [2.75, 3.05) is 26.7 Å². The predicted octanol–water partition coefficient (Wildman–Crippen LogP) is 0.975. The van der Waals surface area contributed by atoms with Gasteiger partial charge in [0.05, 0.1) is 6.54 Å². The van der Waals surface area contributed by atoms with Crippen LogP contribution < -0.4 is 10.6 Å². The molecule has 2 aliphatic rings. The molecule has 1 aliphatic carbocycles. The van der Waals surface area contributed by atoms with E-state index >= 15 is 0 Å². The first-order chi connectivity index (χ1) is 8.69. The van der Waals surface area contributed by atoms with E-state index in [4.69, 9.17) is 0 Å². The Morgan fingerprint density at radius 1 is 1.28 bits per heavy atom. The molecule has 1 aliphatic heterocycles. The highest BCUT2D eigenvalue weighted by molar-refractivity contribution is 5.78. The Labute approximate surface area is 110 Å². The summed E-state index contributed by atoms with van der Waals surface area (Å²) in [6.45, 7) is 4.88. The van der Waals surface area contributed by atoms with Crippen molar-refractivity contribution in [3.05, 3.63) is 0 Å². The van der Waals surface area contributed by atoms with Crippen molar-refractivity contribution >= 4 is 5.91 Å². The molecule has 2 N–H and O–H groups in total. The Kier molecular flexibility index (Phi) is 5.01. The highest BCUT2D eigenvalue weighted by atomic mass is 16.2. The zero-order valence-corrected chi connectivity index (χ0v) is 11.7. The summed E-state index contributed by atoms with van der Waals surface area (Å²) in [6, 6.07) is 0.973. The first-order valence-corrected chi connectivity index (χ1v) is 7.38. The zero-order chi connectivity index (χ0) is 13.0. The van der Waals surface area contributed by atoms with Crippen LogP contribution in [-0.4, -0.2) is 49.6 Å². The minimum Gasteiger partial charge on any atom is -0.352 e. The number of likely N-dealkylation sites (tertiary alicyclic amines) is 1. The molecule has 2 fully saturated rings. The number of likely N-dealkylation sites (N-methyl/N-ethyl adjacent to an activating group) is 1. The third-order valence-electron chi connectivity index (χ3n) is 4.51. The van der Waals surface area contributed by atoms with Crippen molar-refractivity contribution < 1.29 is 4.79 Å². The van der Waals surface area contributed by atoms with E-state index in [2.05, 4.69) is 22.5 Å². The van der Waals surface area contributed by atoms with Gasteiger partial charge in [-0.1, -0.05) is 19.8 Å². The quantitative estimate of drug-likeness (QED) is 0.785. The van der Waals surface area contributed by atoms with Crippen molar-refractivity contribution in [2.45, 2.75) is 51.1 Å². The van der Waals surface area contributed by atoms with Gasteiger partial charge in [0.25, 0.3) is 0 Å². The summed E-state index contributed by atoms with van der Waals surface area (Å²) < 4.78 is 0. The van der Waals surface area contributed by atoms with Gasteiger partial charge in [-0.25, -0.2) is 0 Å². The van der Waals surface area contributed by atoms with Crippen molar-refractivity contribution in [3.8, 4) is 0 Å². The lowest BCUT2D eigenvalue weighted by Gasteiger charge is -2.30. The highest BCUT2D eigenvalue weighted by Crippen LogP contribution is 2.23. The summed E-state index contributed by atoms with van der Waals surface area (Å²) in [5.74, 6) is 0.858. The van der Waals surface area contributed by atoms with E-state index in [0.717, 1.165) is 25.9 Å². The van der Waals surface area contributed by atoms with Crippen molar-refractivity contribution in [1.82, 2.24) is 15.5 Å². The Bertz CT molecular complexity index is 282. The molecule has 1 saturated heterocycles. The van der Waals surface area contributed by atoms with Crippen molar-refractivity contribution in [3.63, 3.8) is 0 Å². The van der Waals surface area contributed by atoms with Gasteiger partial charge in [0, 0.05) is 25.2 Å². The van der Waals surface area contributed by atoms with E-state index in [9.17, 15) is 4.79 Å². The molecule has 0 bridgehead atoms. The molecule has 1 saturated carbocycles. The van der Waals surface area contributed by atoms with Crippen LogP contribution in [0.2, 0.25) is 0 Å². The molecule has 4 heteroatoms. The summed E-state index contributed by atoms with van der Waals surface area (Å²) in [5.41, 5.74) is 0. The lowest BCUT2D eigenvalue weighted by atomic mass is 9.86. The normalized spacial score (nSPS) is 33.6. The first kappa shape index (κ1) is 13.8. The molecule has 3 unspecified atom stereocenters. The smallest absolute Gasteiger partial charge is 0.234 e. The molecule has 18 heavy (non-hydrogen) atoms. The zero-order valence-electron chi connectivity index (χ0n) is 11.7. The second-order valence-electron chi connectivity index (χ2n) is 5.95. The summed E-state index contributed by atoms with van der Waals surface area (Å²) in [7, 11) is 2.00. The maximum Gasteiger partial charge on any atom is 0.234 e. The molecule has 0 radical (unpaired) electrons. The van der Waals surface area contributed by atoms with Crippen molar-refractivity contribution in [1.29, 1.82) is 0 Å². The van der Waals surface area contributed by atoms with Gasteiger partial charge in [-0.2, -0.15) is 0 Å². The fraction of sp³-hybridized carbons (Fsp3) is 0.929. The summed E-state index contributed by atoms with van der Waals surface area (Å²) in [5, 5.41) is 6.51. The van der Waals surface area contributed by atoms with Gasteiger partial charge in [-0.15, -0.1) is 0 Å². The third kappa shape index (κ3) is 3.69. The third-order valence-corrected chi connectivity index (χ3v) is 4.51. The number of hydrogen-bond acceptors (Lipinski definition) is 3. The van der Waals surface area contributed by atoms with Crippen LogP contribution in [0.5, 0.6) is 0 Å². The van der Waals surface area contributed by atoms with Crippen LogP contribution in [0.15, 0.2) is 0 Å². The molecular weight excluding hydrogens is 226 g/mol. The molecule has 0 aromatic heterocycles. The van der Waals surface area contributed by atoms with Gasteiger partial charge < -0.3 is 10.6 Å². The topological polar surface area (TPSA) is 44.4 Å². The second kappa shape index (κ2) is 6.53. The van der Waals surface area contributed by atoms with Crippen LogP contribution in [-0.2, 0) is 4.79 Å². The largest absolute Gasteiger partial charge is 0.352 e. The minimum absolute atomic E-state index is 0.213. The van der Waals surface area contributed by atoms with Gasteiger partial charge in [-0.3, -0.25) is 9.69 Å². The molecule has 2 rings (SSSR count). The Hall–Kier alpha value is -0.610. The average Bonchev–Trinajstić information content (AvgIpc) is 2.80. The average molecular weight is 253 g/mol. The van der Waals surface area contributed by atoms with Crippen molar-refractivity contribution in [2.24, 2.45) is 5.92 Å². The number of carbonyl (C=O) groups excluding carboxylic acids is 1. The maximum absolute atomic E-state index is 12.0. The lowest BCUT2D eigenvalue weighted by molar-refractivity contribution is -0.123. The fourth-order valence-corrected chi connectivity index (χ4v) is 3.20. The number of nitrogens with one attached hydrogen (secondary N) is 2. The molecule has 4 nitrogen and oxygen atoms in total. The molecule has 0 aromatic rings. The van der Waals surface area contributed by atoms with E-state index in [0.29, 0.717) is 24.5 Å². The Balaban J connectivity index is 1.71. The van der Waals surface area contributed by atoms with E-state index in [-0.39, 0.29) is 5.91 Å².